The largest absolute Gasteiger partial charge is 0.478 e. The highest BCUT2D eigenvalue weighted by Gasteiger charge is 2.14. The smallest absolute Gasteiger partial charge is 0.338 e. The van der Waals surface area contributed by atoms with E-state index in [-0.39, 0.29) is 5.56 Å². The number of halogens is 1. The molecule has 0 saturated carbocycles. The van der Waals surface area contributed by atoms with Gasteiger partial charge in [-0.05, 0) is 26.2 Å². The zero-order valence-electron chi connectivity index (χ0n) is 9.24. The molecule has 0 aliphatic heterocycles. The summed E-state index contributed by atoms with van der Waals surface area (Å²) in [6.07, 6.45) is 0. The third-order valence-corrected chi connectivity index (χ3v) is 3.34. The molecule has 3 nitrogen and oxygen atoms in total. The number of carboxylic acid groups (broad SMARTS) is 1. The fourth-order valence-corrected chi connectivity index (χ4v) is 2.67. The van der Waals surface area contributed by atoms with E-state index in [0.29, 0.717) is 5.02 Å². The minimum absolute atomic E-state index is 0.202. The van der Waals surface area contributed by atoms with Gasteiger partial charge in [0.05, 0.1) is 10.6 Å². The third-order valence-electron chi connectivity index (χ3n) is 1.99. The second-order valence-electron chi connectivity index (χ2n) is 3.57. The van der Waals surface area contributed by atoms with Gasteiger partial charge in [-0.2, -0.15) is 0 Å². The van der Waals surface area contributed by atoms with Gasteiger partial charge in [-0.1, -0.05) is 17.7 Å². The van der Waals surface area contributed by atoms with Crippen LogP contribution in [0.2, 0.25) is 5.02 Å². The Morgan fingerprint density at radius 1 is 1.50 bits per heavy atom. The number of hydrogen-bond acceptors (Lipinski definition) is 3. The van der Waals surface area contributed by atoms with Gasteiger partial charge in [0.15, 0.2) is 0 Å². The van der Waals surface area contributed by atoms with E-state index in [4.69, 9.17) is 16.7 Å². The molecular formula is C11H14ClNO2S. The van der Waals surface area contributed by atoms with Crippen LogP contribution in [0.4, 0.5) is 0 Å². The second-order valence-corrected chi connectivity index (χ2v) is 5.11. The fourth-order valence-electron chi connectivity index (χ4n) is 1.17. The van der Waals surface area contributed by atoms with Crippen LogP contribution in [-0.2, 0) is 0 Å². The summed E-state index contributed by atoms with van der Waals surface area (Å²) >= 11 is 7.37. The van der Waals surface area contributed by atoms with Crippen molar-refractivity contribution in [3.63, 3.8) is 0 Å². The van der Waals surface area contributed by atoms with Crippen molar-refractivity contribution < 1.29 is 9.90 Å². The van der Waals surface area contributed by atoms with Crippen LogP contribution in [0.1, 0.15) is 10.4 Å². The first-order valence-corrected chi connectivity index (χ1v) is 6.18. The van der Waals surface area contributed by atoms with Crippen LogP contribution in [0.25, 0.3) is 0 Å². The van der Waals surface area contributed by atoms with E-state index < -0.39 is 5.97 Å². The molecule has 1 aromatic rings. The number of benzene rings is 1. The van der Waals surface area contributed by atoms with E-state index >= 15 is 0 Å². The lowest BCUT2D eigenvalue weighted by Gasteiger charge is -2.10. The number of hydrogen-bond donors (Lipinski definition) is 1. The van der Waals surface area contributed by atoms with Crippen LogP contribution in [-0.4, -0.2) is 42.4 Å². The van der Waals surface area contributed by atoms with Gasteiger partial charge >= 0.3 is 5.97 Å². The molecule has 0 unspecified atom stereocenters. The molecule has 1 N–H and O–H groups in total. The molecule has 0 aliphatic carbocycles. The molecule has 0 spiro atoms. The van der Waals surface area contributed by atoms with E-state index in [9.17, 15) is 4.79 Å². The number of carbonyl (C=O) groups is 1. The van der Waals surface area contributed by atoms with Crippen molar-refractivity contribution in [3.05, 3.63) is 28.8 Å². The molecule has 0 radical (unpaired) electrons. The maximum Gasteiger partial charge on any atom is 0.338 e. The quantitative estimate of drug-likeness (QED) is 0.826. The van der Waals surface area contributed by atoms with Crippen LogP contribution in [0.5, 0.6) is 0 Å². The highest BCUT2D eigenvalue weighted by molar-refractivity contribution is 7.99. The molecule has 0 aliphatic rings. The van der Waals surface area contributed by atoms with Crippen LogP contribution >= 0.6 is 23.4 Å². The molecular weight excluding hydrogens is 246 g/mol. The van der Waals surface area contributed by atoms with Crippen molar-refractivity contribution in [1.82, 2.24) is 4.90 Å². The van der Waals surface area contributed by atoms with Crippen LogP contribution < -0.4 is 0 Å². The molecule has 0 heterocycles. The minimum Gasteiger partial charge on any atom is -0.478 e. The summed E-state index contributed by atoms with van der Waals surface area (Å²) < 4.78 is 0. The summed E-state index contributed by atoms with van der Waals surface area (Å²) in [6, 6.07) is 5.16. The monoisotopic (exact) mass is 259 g/mol. The van der Waals surface area contributed by atoms with Gasteiger partial charge in [-0.3, -0.25) is 0 Å². The number of rotatable bonds is 5. The van der Waals surface area contributed by atoms with Gasteiger partial charge in [0.25, 0.3) is 0 Å². The molecule has 1 aromatic carbocycles. The standard InChI is InChI=1S/C11H14ClNO2S/c1-13(2)6-7-16-9-5-3-4-8(12)10(9)11(14)15/h3-5H,6-7H2,1-2H3,(H,14,15). The molecule has 0 aromatic heterocycles. The van der Waals surface area contributed by atoms with Gasteiger partial charge < -0.3 is 10.0 Å². The summed E-state index contributed by atoms with van der Waals surface area (Å²) in [5.41, 5.74) is 0.202. The lowest BCUT2D eigenvalue weighted by atomic mass is 10.2. The fraction of sp³-hybridized carbons (Fsp3) is 0.364. The average Bonchev–Trinajstić information content (AvgIpc) is 2.16. The van der Waals surface area contributed by atoms with Crippen molar-refractivity contribution in [2.75, 3.05) is 26.4 Å². The van der Waals surface area contributed by atoms with Crippen LogP contribution in [0, 0.1) is 0 Å². The molecule has 16 heavy (non-hydrogen) atoms. The lowest BCUT2D eigenvalue weighted by molar-refractivity contribution is 0.0693. The Balaban J connectivity index is 2.79. The van der Waals surface area contributed by atoms with Crippen LogP contribution in [0.3, 0.4) is 0 Å². The highest BCUT2D eigenvalue weighted by Crippen LogP contribution is 2.28. The zero-order chi connectivity index (χ0) is 12.1. The normalized spacial score (nSPS) is 10.8. The maximum absolute atomic E-state index is 11.0. The van der Waals surface area contributed by atoms with Crippen LogP contribution in [0.15, 0.2) is 23.1 Å². The summed E-state index contributed by atoms with van der Waals surface area (Å²) in [7, 11) is 3.97. The maximum atomic E-state index is 11.0. The van der Waals surface area contributed by atoms with Crippen molar-refractivity contribution in [2.24, 2.45) is 0 Å². The Kier molecular flexibility index (Phi) is 5.12. The predicted octanol–water partition coefficient (Wildman–Crippen LogP) is 2.69. The molecule has 0 saturated heterocycles. The molecule has 1 rings (SSSR count). The Labute approximate surface area is 104 Å². The van der Waals surface area contributed by atoms with Gasteiger partial charge in [0.2, 0.25) is 0 Å². The van der Waals surface area contributed by atoms with Gasteiger partial charge in [0.1, 0.15) is 0 Å². The first kappa shape index (κ1) is 13.4. The van der Waals surface area contributed by atoms with E-state index in [1.165, 1.54) is 11.8 Å². The number of nitrogens with zero attached hydrogens (tertiary/aromatic N) is 1. The second kappa shape index (κ2) is 6.13. The Morgan fingerprint density at radius 3 is 2.75 bits per heavy atom. The predicted molar refractivity (Wildman–Crippen MR) is 67.7 cm³/mol. The molecule has 0 amide bonds. The van der Waals surface area contributed by atoms with Crippen molar-refractivity contribution >= 4 is 29.3 Å². The van der Waals surface area contributed by atoms with E-state index in [1.807, 2.05) is 14.1 Å². The molecule has 0 bridgehead atoms. The lowest BCUT2D eigenvalue weighted by Crippen LogP contribution is -2.15. The van der Waals surface area contributed by atoms with E-state index in [2.05, 4.69) is 4.90 Å². The topological polar surface area (TPSA) is 40.5 Å². The van der Waals surface area contributed by atoms with E-state index in [1.54, 1.807) is 18.2 Å². The number of thioether (sulfide) groups is 1. The Morgan fingerprint density at radius 2 is 2.19 bits per heavy atom. The van der Waals surface area contributed by atoms with Gasteiger partial charge in [-0.15, -0.1) is 11.8 Å². The molecule has 88 valence electrons. The van der Waals surface area contributed by atoms with Crippen molar-refractivity contribution in [3.8, 4) is 0 Å². The van der Waals surface area contributed by atoms with Gasteiger partial charge in [-0.25, -0.2) is 4.79 Å². The Hall–Kier alpha value is -0.710. The summed E-state index contributed by atoms with van der Waals surface area (Å²) in [5, 5.41) is 9.34. The summed E-state index contributed by atoms with van der Waals surface area (Å²) in [4.78, 5) is 13.8. The minimum atomic E-state index is -0.974. The summed E-state index contributed by atoms with van der Waals surface area (Å²) in [6.45, 7) is 0.899. The molecule has 0 atom stereocenters. The zero-order valence-corrected chi connectivity index (χ0v) is 10.8. The third kappa shape index (κ3) is 3.70. The Bertz CT molecular complexity index is 382. The summed E-state index contributed by atoms with van der Waals surface area (Å²) in [5.74, 6) is -0.133. The van der Waals surface area contributed by atoms with E-state index in [0.717, 1.165) is 17.2 Å². The molecule has 0 fully saturated rings. The highest BCUT2D eigenvalue weighted by atomic mass is 35.5. The number of aromatic carboxylic acids is 1. The number of carboxylic acids is 1. The van der Waals surface area contributed by atoms with Gasteiger partial charge in [0, 0.05) is 17.2 Å². The van der Waals surface area contributed by atoms with Crippen molar-refractivity contribution in [1.29, 1.82) is 0 Å². The SMILES string of the molecule is CN(C)CCSc1cccc(Cl)c1C(=O)O. The van der Waals surface area contributed by atoms with Crippen molar-refractivity contribution in [2.45, 2.75) is 4.90 Å². The first-order valence-electron chi connectivity index (χ1n) is 4.81. The first-order chi connectivity index (χ1) is 7.52. The average molecular weight is 260 g/mol. The molecule has 5 heteroatoms.